The van der Waals surface area contributed by atoms with Gasteiger partial charge in [0.1, 0.15) is 0 Å². The number of allylic oxidation sites excluding steroid dienone is 1. The highest BCUT2D eigenvalue weighted by Crippen LogP contribution is 2.33. The maximum atomic E-state index is 12.2. The molecule has 1 amide bonds. The quantitative estimate of drug-likeness (QED) is 0.440. The van der Waals surface area contributed by atoms with Gasteiger partial charge in [-0.05, 0) is 35.9 Å². The maximum Gasteiger partial charge on any atom is 0.221 e. The molecule has 2 rings (SSSR count). The van der Waals surface area contributed by atoms with Crippen LogP contribution in [0.5, 0.6) is 0 Å². The fraction of sp³-hybridized carbons (Fsp3) is 0.0588. The van der Waals surface area contributed by atoms with E-state index in [1.807, 2.05) is 0 Å². The summed E-state index contributed by atoms with van der Waals surface area (Å²) in [4.78, 5) is 23.1. The number of ketones is 1. The van der Waals surface area contributed by atoms with Gasteiger partial charge in [0.15, 0.2) is 5.78 Å². The number of amides is 1. The smallest absolute Gasteiger partial charge is 0.221 e. The van der Waals surface area contributed by atoms with Crippen molar-refractivity contribution >= 4 is 58.3 Å². The summed E-state index contributed by atoms with van der Waals surface area (Å²) in [5.41, 5.74) is 1.78. The first kappa shape index (κ1) is 17.5. The van der Waals surface area contributed by atoms with E-state index >= 15 is 0 Å². The Bertz CT molecular complexity index is 783. The number of benzene rings is 2. The highest BCUT2D eigenvalue weighted by molar-refractivity contribution is 6.49. The number of hydrogen-bond donors (Lipinski definition) is 1. The van der Waals surface area contributed by atoms with Gasteiger partial charge in [-0.1, -0.05) is 53.0 Å². The average molecular weight is 369 g/mol. The summed E-state index contributed by atoms with van der Waals surface area (Å²) < 4.78 is 0. The van der Waals surface area contributed by atoms with Crippen LogP contribution in [-0.4, -0.2) is 11.7 Å². The third-order valence-electron chi connectivity index (χ3n) is 2.96. The molecule has 0 atom stereocenters. The van der Waals surface area contributed by atoms with Gasteiger partial charge in [-0.3, -0.25) is 9.59 Å². The van der Waals surface area contributed by atoms with Gasteiger partial charge in [0.25, 0.3) is 0 Å². The second-order valence-electron chi connectivity index (χ2n) is 4.72. The lowest BCUT2D eigenvalue weighted by molar-refractivity contribution is -0.114. The number of halogens is 3. The van der Waals surface area contributed by atoms with Gasteiger partial charge in [0, 0.05) is 18.2 Å². The van der Waals surface area contributed by atoms with Gasteiger partial charge in [0.05, 0.1) is 15.1 Å². The fourth-order valence-electron chi connectivity index (χ4n) is 1.86. The van der Waals surface area contributed by atoms with Crippen molar-refractivity contribution in [1.82, 2.24) is 0 Å². The molecule has 0 saturated heterocycles. The number of rotatable bonds is 4. The maximum absolute atomic E-state index is 12.2. The lowest BCUT2D eigenvalue weighted by atomic mass is 10.1. The molecular formula is C17H12Cl3NO2. The van der Waals surface area contributed by atoms with Gasteiger partial charge < -0.3 is 5.32 Å². The Morgan fingerprint density at radius 3 is 2.22 bits per heavy atom. The Kier molecular flexibility index (Phi) is 5.83. The zero-order chi connectivity index (χ0) is 17.0. The number of anilines is 1. The molecule has 1 N–H and O–H groups in total. The molecule has 0 bridgehead atoms. The van der Waals surface area contributed by atoms with Gasteiger partial charge in [-0.2, -0.15) is 0 Å². The number of carbonyl (C=O) groups is 2. The summed E-state index contributed by atoms with van der Waals surface area (Å²) >= 11 is 17.8. The Morgan fingerprint density at radius 2 is 1.61 bits per heavy atom. The van der Waals surface area contributed by atoms with Crippen LogP contribution >= 0.6 is 34.8 Å². The standard InChI is InChI=1S/C17H12Cl3NO2/c1-10(22)21-12-5-2-11(3-6-12)4-9-15(23)13-7-8-14(18)17(20)16(13)19/h2-9H,1H3,(H,21,22)/b9-4+. The van der Waals surface area contributed by atoms with Crippen LogP contribution in [0.3, 0.4) is 0 Å². The molecule has 2 aromatic rings. The molecule has 0 heterocycles. The van der Waals surface area contributed by atoms with Gasteiger partial charge in [0.2, 0.25) is 5.91 Å². The fourth-order valence-corrected chi connectivity index (χ4v) is 2.49. The average Bonchev–Trinajstić information content (AvgIpc) is 2.51. The van der Waals surface area contributed by atoms with Gasteiger partial charge >= 0.3 is 0 Å². The summed E-state index contributed by atoms with van der Waals surface area (Å²) in [7, 11) is 0. The first-order valence-electron chi connectivity index (χ1n) is 6.62. The van der Waals surface area contributed by atoms with Crippen LogP contribution < -0.4 is 5.32 Å². The lowest BCUT2D eigenvalue weighted by Gasteiger charge is -2.04. The molecule has 0 unspecified atom stereocenters. The van der Waals surface area contributed by atoms with Crippen molar-refractivity contribution in [3.63, 3.8) is 0 Å². The van der Waals surface area contributed by atoms with Crippen LogP contribution in [0.15, 0.2) is 42.5 Å². The lowest BCUT2D eigenvalue weighted by Crippen LogP contribution is -2.05. The molecule has 0 saturated carbocycles. The third-order valence-corrected chi connectivity index (χ3v) is 4.25. The number of carbonyl (C=O) groups excluding carboxylic acids is 2. The molecular weight excluding hydrogens is 357 g/mol. The highest BCUT2D eigenvalue weighted by atomic mass is 35.5. The van der Waals surface area contributed by atoms with E-state index in [-0.39, 0.29) is 27.3 Å². The summed E-state index contributed by atoms with van der Waals surface area (Å²) in [5, 5.41) is 3.26. The molecule has 3 nitrogen and oxygen atoms in total. The Hall–Kier alpha value is -1.81. The normalized spacial score (nSPS) is 10.8. The minimum absolute atomic E-state index is 0.134. The van der Waals surface area contributed by atoms with Crippen molar-refractivity contribution < 1.29 is 9.59 Å². The zero-order valence-corrected chi connectivity index (χ0v) is 14.3. The Labute approximate surface area is 148 Å². The van der Waals surface area contributed by atoms with E-state index in [1.54, 1.807) is 30.3 Å². The van der Waals surface area contributed by atoms with E-state index in [0.29, 0.717) is 10.7 Å². The van der Waals surface area contributed by atoms with E-state index in [1.165, 1.54) is 25.1 Å². The van der Waals surface area contributed by atoms with E-state index in [4.69, 9.17) is 34.8 Å². The van der Waals surface area contributed by atoms with Gasteiger partial charge in [-0.25, -0.2) is 0 Å². The minimum Gasteiger partial charge on any atom is -0.326 e. The molecule has 0 radical (unpaired) electrons. The monoisotopic (exact) mass is 367 g/mol. The molecule has 0 aromatic heterocycles. The molecule has 0 fully saturated rings. The van der Waals surface area contributed by atoms with Crippen LogP contribution in [0.1, 0.15) is 22.8 Å². The number of nitrogens with one attached hydrogen (secondary N) is 1. The minimum atomic E-state index is -0.278. The Balaban J connectivity index is 2.15. The Morgan fingerprint density at radius 1 is 0.957 bits per heavy atom. The van der Waals surface area contributed by atoms with Gasteiger partial charge in [-0.15, -0.1) is 0 Å². The third kappa shape index (κ3) is 4.58. The zero-order valence-electron chi connectivity index (χ0n) is 12.1. The number of hydrogen-bond acceptors (Lipinski definition) is 2. The van der Waals surface area contributed by atoms with Crippen LogP contribution in [0.25, 0.3) is 6.08 Å². The second-order valence-corrected chi connectivity index (χ2v) is 5.89. The van der Waals surface area contributed by atoms with Crippen LogP contribution in [0.4, 0.5) is 5.69 Å². The largest absolute Gasteiger partial charge is 0.326 e. The van der Waals surface area contributed by atoms with E-state index in [2.05, 4.69) is 5.32 Å². The molecule has 23 heavy (non-hydrogen) atoms. The predicted molar refractivity (Wildman–Crippen MR) is 95.6 cm³/mol. The van der Waals surface area contributed by atoms with Crippen LogP contribution in [0.2, 0.25) is 15.1 Å². The first-order chi connectivity index (χ1) is 10.9. The van der Waals surface area contributed by atoms with Crippen molar-refractivity contribution in [1.29, 1.82) is 0 Å². The summed E-state index contributed by atoms with van der Waals surface area (Å²) in [5.74, 6) is -0.419. The van der Waals surface area contributed by atoms with Crippen molar-refractivity contribution in [2.45, 2.75) is 6.92 Å². The molecule has 0 aliphatic rings. The van der Waals surface area contributed by atoms with Crippen molar-refractivity contribution in [2.24, 2.45) is 0 Å². The molecule has 0 spiro atoms. The molecule has 2 aromatic carbocycles. The topological polar surface area (TPSA) is 46.2 Å². The van der Waals surface area contributed by atoms with Crippen LogP contribution in [-0.2, 0) is 4.79 Å². The van der Waals surface area contributed by atoms with Crippen molar-refractivity contribution in [3.05, 3.63) is 68.7 Å². The summed E-state index contributed by atoms with van der Waals surface area (Å²) in [6.45, 7) is 1.44. The van der Waals surface area contributed by atoms with Crippen molar-refractivity contribution in [2.75, 3.05) is 5.32 Å². The highest BCUT2D eigenvalue weighted by Gasteiger charge is 2.13. The van der Waals surface area contributed by atoms with Crippen molar-refractivity contribution in [3.8, 4) is 0 Å². The first-order valence-corrected chi connectivity index (χ1v) is 7.75. The van der Waals surface area contributed by atoms with E-state index in [0.717, 1.165) is 5.56 Å². The summed E-state index contributed by atoms with van der Waals surface area (Å²) in [6, 6.07) is 10.1. The molecule has 0 aliphatic carbocycles. The summed E-state index contributed by atoms with van der Waals surface area (Å²) in [6.07, 6.45) is 3.05. The SMILES string of the molecule is CC(=O)Nc1ccc(/C=C/C(=O)c2ccc(Cl)c(Cl)c2Cl)cc1. The molecule has 118 valence electrons. The van der Waals surface area contributed by atoms with E-state index in [9.17, 15) is 9.59 Å². The molecule has 0 aliphatic heterocycles. The van der Waals surface area contributed by atoms with Crippen LogP contribution in [0, 0.1) is 0 Å². The molecule has 6 heteroatoms. The van der Waals surface area contributed by atoms with E-state index < -0.39 is 0 Å². The second kappa shape index (κ2) is 7.64. The predicted octanol–water partition coefficient (Wildman–Crippen LogP) is 5.50.